The topological polar surface area (TPSA) is 65.4 Å². The molecule has 0 spiro atoms. The molecule has 0 fully saturated rings. The van der Waals surface area contributed by atoms with Crippen LogP contribution >= 0.6 is 0 Å². The Bertz CT molecular complexity index is 949. The van der Waals surface area contributed by atoms with Crippen LogP contribution in [-0.2, 0) is 0 Å². The molecule has 1 N–H and O–H groups in total. The molecule has 27 heavy (non-hydrogen) atoms. The van der Waals surface area contributed by atoms with E-state index in [-0.39, 0.29) is 5.91 Å². The zero-order valence-electron chi connectivity index (χ0n) is 15.3. The van der Waals surface area contributed by atoms with E-state index in [1.807, 2.05) is 48.7 Å². The summed E-state index contributed by atoms with van der Waals surface area (Å²) in [6.45, 7) is 3.99. The van der Waals surface area contributed by atoms with Gasteiger partial charge in [-0.2, -0.15) is 5.10 Å². The Morgan fingerprint density at radius 3 is 2.56 bits per heavy atom. The summed E-state index contributed by atoms with van der Waals surface area (Å²) >= 11 is 0. The number of carbonyl (C=O) groups is 1. The van der Waals surface area contributed by atoms with Crippen molar-refractivity contribution in [3.63, 3.8) is 0 Å². The zero-order chi connectivity index (χ0) is 19.2. The molecule has 1 heterocycles. The Hall–Kier alpha value is -3.54. The van der Waals surface area contributed by atoms with E-state index in [1.54, 1.807) is 31.0 Å². The summed E-state index contributed by atoms with van der Waals surface area (Å²) in [6.07, 6.45) is 3.46. The molecule has 3 aromatic rings. The summed E-state index contributed by atoms with van der Waals surface area (Å²) in [5.74, 6) is 0.934. The third-order valence-electron chi connectivity index (χ3n) is 4.05. The van der Waals surface area contributed by atoms with Gasteiger partial charge in [-0.25, -0.2) is 4.68 Å². The van der Waals surface area contributed by atoms with Gasteiger partial charge in [-0.3, -0.25) is 4.79 Å². The maximum atomic E-state index is 12.6. The van der Waals surface area contributed by atoms with Crippen molar-refractivity contribution in [1.82, 2.24) is 15.1 Å². The number of aromatic nitrogens is 2. The van der Waals surface area contributed by atoms with Crippen LogP contribution in [0, 0.1) is 0 Å². The molecule has 6 heteroatoms. The molecule has 138 valence electrons. The SMILES string of the molecule is C=CCNC(=O)c1nn(-c2ccccc2)cc1-c1ccc(OC)c(OC)c1. The molecule has 2 aromatic carbocycles. The molecule has 3 rings (SSSR count). The second-order valence-electron chi connectivity index (χ2n) is 5.74. The minimum Gasteiger partial charge on any atom is -0.493 e. The van der Waals surface area contributed by atoms with Gasteiger partial charge in [0.2, 0.25) is 0 Å². The highest BCUT2D eigenvalue weighted by Crippen LogP contribution is 2.33. The quantitative estimate of drug-likeness (QED) is 0.653. The van der Waals surface area contributed by atoms with Crippen LogP contribution in [0.3, 0.4) is 0 Å². The van der Waals surface area contributed by atoms with Gasteiger partial charge in [0.15, 0.2) is 17.2 Å². The van der Waals surface area contributed by atoms with Crippen LogP contribution in [0.1, 0.15) is 10.5 Å². The number of methoxy groups -OCH3 is 2. The van der Waals surface area contributed by atoms with Crippen molar-refractivity contribution in [1.29, 1.82) is 0 Å². The summed E-state index contributed by atoms with van der Waals surface area (Å²) in [7, 11) is 3.16. The second kappa shape index (κ2) is 8.23. The van der Waals surface area contributed by atoms with E-state index in [1.165, 1.54) is 0 Å². The number of nitrogens with one attached hydrogen (secondary N) is 1. The Balaban J connectivity index is 2.11. The lowest BCUT2D eigenvalue weighted by Crippen LogP contribution is -2.24. The standard InChI is InChI=1S/C21H21N3O3/c1-4-12-22-21(25)20-17(14-24(23-20)16-8-6-5-7-9-16)15-10-11-18(26-2)19(13-15)27-3/h4-11,13-14H,1,12H2,2-3H3,(H,22,25). The van der Waals surface area contributed by atoms with Crippen LogP contribution in [0.25, 0.3) is 16.8 Å². The summed E-state index contributed by atoms with van der Waals surface area (Å²) in [6, 6.07) is 15.1. The molecule has 0 saturated carbocycles. The minimum absolute atomic E-state index is 0.269. The summed E-state index contributed by atoms with van der Waals surface area (Å²) in [5.41, 5.74) is 2.69. The average Bonchev–Trinajstić information content (AvgIpc) is 3.17. The average molecular weight is 363 g/mol. The third kappa shape index (κ3) is 3.84. The molecular weight excluding hydrogens is 342 g/mol. The largest absolute Gasteiger partial charge is 0.493 e. The fraction of sp³-hybridized carbons (Fsp3) is 0.143. The fourth-order valence-electron chi connectivity index (χ4n) is 2.72. The lowest BCUT2D eigenvalue weighted by molar-refractivity contribution is 0.0953. The Labute approximate surface area is 158 Å². The lowest BCUT2D eigenvalue weighted by Gasteiger charge is -2.09. The first-order chi connectivity index (χ1) is 13.2. The molecule has 0 saturated heterocycles. The first-order valence-electron chi connectivity index (χ1n) is 8.44. The highest BCUT2D eigenvalue weighted by atomic mass is 16.5. The van der Waals surface area contributed by atoms with Crippen LogP contribution in [-0.4, -0.2) is 36.5 Å². The summed E-state index contributed by atoms with van der Waals surface area (Å²) in [5, 5.41) is 7.29. The van der Waals surface area contributed by atoms with Crippen molar-refractivity contribution in [3.05, 3.63) is 73.1 Å². The maximum absolute atomic E-state index is 12.6. The van der Waals surface area contributed by atoms with Gasteiger partial charge in [0, 0.05) is 18.3 Å². The predicted octanol–water partition coefficient (Wildman–Crippen LogP) is 3.47. The number of ether oxygens (including phenoxy) is 2. The van der Waals surface area contributed by atoms with E-state index in [0.717, 1.165) is 11.3 Å². The first kappa shape index (κ1) is 18.3. The van der Waals surface area contributed by atoms with Crippen molar-refractivity contribution in [3.8, 4) is 28.3 Å². The molecule has 0 atom stereocenters. The van der Waals surface area contributed by atoms with Gasteiger partial charge in [0.05, 0.1) is 19.9 Å². The van der Waals surface area contributed by atoms with Gasteiger partial charge in [-0.05, 0) is 29.8 Å². The number of hydrogen-bond acceptors (Lipinski definition) is 4. The van der Waals surface area contributed by atoms with Gasteiger partial charge in [-0.1, -0.05) is 30.3 Å². The normalized spacial score (nSPS) is 10.3. The number of rotatable bonds is 7. The molecular formula is C21H21N3O3. The molecule has 6 nitrogen and oxygen atoms in total. The molecule has 0 radical (unpaired) electrons. The molecule has 0 bridgehead atoms. The van der Waals surface area contributed by atoms with Crippen LogP contribution in [0.4, 0.5) is 0 Å². The van der Waals surface area contributed by atoms with Gasteiger partial charge < -0.3 is 14.8 Å². The van der Waals surface area contributed by atoms with E-state index in [2.05, 4.69) is 17.0 Å². The van der Waals surface area contributed by atoms with Gasteiger partial charge in [0.1, 0.15) is 0 Å². The van der Waals surface area contributed by atoms with Crippen LogP contribution in [0.5, 0.6) is 11.5 Å². The predicted molar refractivity (Wildman–Crippen MR) is 105 cm³/mol. The monoisotopic (exact) mass is 363 g/mol. The highest BCUT2D eigenvalue weighted by molar-refractivity contribution is 5.99. The smallest absolute Gasteiger partial charge is 0.272 e. The number of carbonyl (C=O) groups excluding carboxylic acids is 1. The molecule has 1 amide bonds. The summed E-state index contributed by atoms with van der Waals surface area (Å²) < 4.78 is 12.4. The molecule has 0 unspecified atom stereocenters. The van der Waals surface area contributed by atoms with E-state index in [9.17, 15) is 4.79 Å². The van der Waals surface area contributed by atoms with E-state index in [4.69, 9.17) is 9.47 Å². The Morgan fingerprint density at radius 2 is 1.89 bits per heavy atom. The van der Waals surface area contributed by atoms with Crippen molar-refractivity contribution in [2.75, 3.05) is 20.8 Å². The van der Waals surface area contributed by atoms with E-state index >= 15 is 0 Å². The zero-order valence-corrected chi connectivity index (χ0v) is 15.3. The van der Waals surface area contributed by atoms with Crippen LogP contribution in [0.15, 0.2) is 67.4 Å². The van der Waals surface area contributed by atoms with Crippen LogP contribution < -0.4 is 14.8 Å². The highest BCUT2D eigenvalue weighted by Gasteiger charge is 2.19. The molecule has 0 aliphatic rings. The van der Waals surface area contributed by atoms with Crippen LogP contribution in [0.2, 0.25) is 0 Å². The fourth-order valence-corrected chi connectivity index (χ4v) is 2.72. The third-order valence-corrected chi connectivity index (χ3v) is 4.05. The van der Waals surface area contributed by atoms with E-state index < -0.39 is 0 Å². The van der Waals surface area contributed by atoms with Crippen molar-refractivity contribution in [2.24, 2.45) is 0 Å². The number of amides is 1. The first-order valence-corrected chi connectivity index (χ1v) is 8.44. The van der Waals surface area contributed by atoms with Crippen molar-refractivity contribution < 1.29 is 14.3 Å². The Morgan fingerprint density at radius 1 is 1.15 bits per heavy atom. The molecule has 0 aliphatic carbocycles. The van der Waals surface area contributed by atoms with Gasteiger partial charge in [0.25, 0.3) is 5.91 Å². The Kier molecular flexibility index (Phi) is 5.56. The molecule has 0 aliphatic heterocycles. The van der Waals surface area contributed by atoms with Crippen molar-refractivity contribution in [2.45, 2.75) is 0 Å². The minimum atomic E-state index is -0.269. The number of hydrogen-bond donors (Lipinski definition) is 1. The number of nitrogens with zero attached hydrogens (tertiary/aromatic N) is 2. The van der Waals surface area contributed by atoms with Crippen molar-refractivity contribution >= 4 is 5.91 Å². The second-order valence-corrected chi connectivity index (χ2v) is 5.74. The van der Waals surface area contributed by atoms with Gasteiger partial charge >= 0.3 is 0 Å². The number of benzene rings is 2. The van der Waals surface area contributed by atoms with E-state index in [0.29, 0.717) is 29.3 Å². The lowest BCUT2D eigenvalue weighted by atomic mass is 10.1. The number of para-hydroxylation sites is 1. The molecule has 1 aromatic heterocycles. The maximum Gasteiger partial charge on any atom is 0.272 e. The van der Waals surface area contributed by atoms with Gasteiger partial charge in [-0.15, -0.1) is 6.58 Å². The summed E-state index contributed by atoms with van der Waals surface area (Å²) in [4.78, 5) is 12.6.